The van der Waals surface area contributed by atoms with Gasteiger partial charge in [0.1, 0.15) is 18.3 Å². The van der Waals surface area contributed by atoms with E-state index in [2.05, 4.69) is 4.18 Å². The minimum atomic E-state index is -5.65. The van der Waals surface area contributed by atoms with Crippen molar-refractivity contribution in [1.29, 1.82) is 0 Å². The molecule has 0 bridgehead atoms. The van der Waals surface area contributed by atoms with E-state index < -0.39 is 45.5 Å². The molecule has 3 unspecified atom stereocenters. The molecule has 2 fully saturated rings. The second-order valence-electron chi connectivity index (χ2n) is 6.52. The Hall–Kier alpha value is -0.500. The molecule has 8 nitrogen and oxygen atoms in total. The highest BCUT2D eigenvalue weighted by atomic mass is 32.2. The highest BCUT2D eigenvalue weighted by molar-refractivity contribution is 7.87. The molecule has 0 amide bonds. The van der Waals surface area contributed by atoms with Crippen molar-refractivity contribution in [2.75, 3.05) is 13.2 Å². The number of rotatable bonds is 3. The lowest BCUT2D eigenvalue weighted by Gasteiger charge is -2.24. The number of hydrogen-bond donors (Lipinski definition) is 2. The molecule has 2 aliphatic heterocycles. The van der Waals surface area contributed by atoms with Crippen LogP contribution in [0.5, 0.6) is 0 Å². The van der Waals surface area contributed by atoms with Gasteiger partial charge in [0.05, 0.1) is 6.61 Å². The van der Waals surface area contributed by atoms with Crippen LogP contribution in [0, 0.1) is 0 Å². The molecule has 0 spiro atoms. The predicted molar refractivity (Wildman–Crippen MR) is 77.6 cm³/mol. The van der Waals surface area contributed by atoms with E-state index in [-0.39, 0.29) is 19.6 Å². The van der Waals surface area contributed by atoms with Crippen molar-refractivity contribution in [2.45, 2.75) is 69.5 Å². The molecule has 2 saturated heterocycles. The second kappa shape index (κ2) is 7.62. The van der Waals surface area contributed by atoms with Crippen LogP contribution in [0.15, 0.2) is 0 Å². The molecule has 0 radical (unpaired) electrons. The Morgan fingerprint density at radius 1 is 1.20 bits per heavy atom. The first-order valence-electron chi connectivity index (χ1n) is 7.39. The predicted octanol–water partition coefficient (Wildman–Crippen LogP) is 0.869. The number of alkyl halides is 3. The maximum absolute atomic E-state index is 12.3. The van der Waals surface area contributed by atoms with Gasteiger partial charge in [-0.2, -0.15) is 21.6 Å². The molecule has 3 atom stereocenters. The summed E-state index contributed by atoms with van der Waals surface area (Å²) in [4.78, 5) is 0. The standard InChI is InChI=1S/C10H15F3O6S.C3H8O2/c1-9(2)17-5-7(18-9)8-6(3-4-16-8)19-20(14,15)10(11,12)13;1-3(2,4)5/h6-8H,3-5H2,1-2H3;4-5H,1-2H3. The smallest absolute Gasteiger partial charge is 0.373 e. The summed E-state index contributed by atoms with van der Waals surface area (Å²) in [6.07, 6.45) is -2.76. The fraction of sp³-hybridized carbons (Fsp3) is 1.00. The Bertz CT molecular complexity index is 534. The molecule has 2 heterocycles. The van der Waals surface area contributed by atoms with Crippen molar-refractivity contribution in [3.05, 3.63) is 0 Å². The van der Waals surface area contributed by atoms with E-state index in [0.29, 0.717) is 0 Å². The van der Waals surface area contributed by atoms with Gasteiger partial charge >= 0.3 is 15.6 Å². The van der Waals surface area contributed by atoms with Gasteiger partial charge in [-0.1, -0.05) is 0 Å². The Labute approximate surface area is 143 Å². The van der Waals surface area contributed by atoms with Crippen LogP contribution in [0.4, 0.5) is 13.2 Å². The lowest BCUT2D eigenvalue weighted by molar-refractivity contribution is -0.157. The lowest BCUT2D eigenvalue weighted by atomic mass is 10.1. The first kappa shape index (κ1) is 22.5. The summed E-state index contributed by atoms with van der Waals surface area (Å²) in [5.41, 5.74) is -5.45. The van der Waals surface area contributed by atoms with Crippen LogP contribution in [-0.4, -0.2) is 67.2 Å². The van der Waals surface area contributed by atoms with E-state index in [1.54, 1.807) is 13.8 Å². The van der Waals surface area contributed by atoms with Crippen molar-refractivity contribution in [3.8, 4) is 0 Å². The number of hydrogen-bond acceptors (Lipinski definition) is 8. The third kappa shape index (κ3) is 7.33. The second-order valence-corrected chi connectivity index (χ2v) is 8.08. The van der Waals surface area contributed by atoms with Crippen LogP contribution in [0.2, 0.25) is 0 Å². The van der Waals surface area contributed by atoms with Crippen molar-refractivity contribution < 1.29 is 50.2 Å². The molecule has 2 N–H and O–H groups in total. The molecule has 0 aromatic rings. The van der Waals surface area contributed by atoms with Gasteiger partial charge < -0.3 is 24.4 Å². The summed E-state index contributed by atoms with van der Waals surface area (Å²) in [7, 11) is -5.65. The van der Waals surface area contributed by atoms with E-state index in [9.17, 15) is 21.6 Å². The Morgan fingerprint density at radius 3 is 2.12 bits per heavy atom. The third-order valence-electron chi connectivity index (χ3n) is 3.01. The monoisotopic (exact) mass is 396 g/mol. The maximum atomic E-state index is 12.3. The van der Waals surface area contributed by atoms with E-state index in [0.717, 1.165) is 0 Å². The Morgan fingerprint density at radius 2 is 1.72 bits per heavy atom. The first-order chi connectivity index (χ1) is 11.0. The average molecular weight is 396 g/mol. The number of halogens is 3. The summed E-state index contributed by atoms with van der Waals surface area (Å²) in [6.45, 7) is 6.08. The molecular formula is C13H23F3O8S. The average Bonchev–Trinajstić information content (AvgIpc) is 2.91. The lowest BCUT2D eigenvalue weighted by Crippen LogP contribution is -2.41. The fourth-order valence-corrected chi connectivity index (χ4v) is 2.78. The van der Waals surface area contributed by atoms with Crippen LogP contribution in [0.1, 0.15) is 34.1 Å². The molecule has 25 heavy (non-hydrogen) atoms. The summed E-state index contributed by atoms with van der Waals surface area (Å²) < 4.78 is 79.2. The summed E-state index contributed by atoms with van der Waals surface area (Å²) in [5, 5.41) is 16.2. The zero-order valence-corrected chi connectivity index (χ0v) is 15.1. The normalized spacial score (nSPS) is 30.0. The Kier molecular flexibility index (Phi) is 6.87. The molecule has 0 aromatic heterocycles. The molecule has 0 aromatic carbocycles. The van der Waals surface area contributed by atoms with Gasteiger partial charge in [-0.3, -0.25) is 4.18 Å². The summed E-state index contributed by atoms with van der Waals surface area (Å²) in [5.74, 6) is -2.38. The van der Waals surface area contributed by atoms with Crippen molar-refractivity contribution in [2.24, 2.45) is 0 Å². The first-order valence-corrected chi connectivity index (χ1v) is 8.80. The van der Waals surface area contributed by atoms with Gasteiger partial charge in [0.25, 0.3) is 0 Å². The van der Waals surface area contributed by atoms with E-state index >= 15 is 0 Å². The van der Waals surface area contributed by atoms with Gasteiger partial charge in [-0.15, -0.1) is 0 Å². The van der Waals surface area contributed by atoms with E-state index in [4.69, 9.17) is 24.4 Å². The zero-order valence-electron chi connectivity index (χ0n) is 14.2. The van der Waals surface area contributed by atoms with Crippen LogP contribution < -0.4 is 0 Å². The maximum Gasteiger partial charge on any atom is 0.523 e. The highest BCUT2D eigenvalue weighted by Crippen LogP contribution is 2.34. The van der Waals surface area contributed by atoms with E-state index in [1.807, 2.05) is 0 Å². The van der Waals surface area contributed by atoms with Gasteiger partial charge in [-0.05, 0) is 27.7 Å². The number of aliphatic hydroxyl groups is 2. The molecule has 150 valence electrons. The van der Waals surface area contributed by atoms with Gasteiger partial charge in [0.15, 0.2) is 11.6 Å². The molecule has 0 saturated carbocycles. The minimum Gasteiger partial charge on any atom is -0.373 e. The van der Waals surface area contributed by atoms with Gasteiger partial charge in [-0.25, -0.2) is 0 Å². The van der Waals surface area contributed by atoms with Crippen LogP contribution >= 0.6 is 0 Å². The fourth-order valence-electron chi connectivity index (χ4n) is 2.14. The summed E-state index contributed by atoms with van der Waals surface area (Å²) in [6, 6.07) is 0. The largest absolute Gasteiger partial charge is 0.523 e. The molecule has 0 aliphatic carbocycles. The minimum absolute atomic E-state index is 0.0419. The molecular weight excluding hydrogens is 373 g/mol. The van der Waals surface area contributed by atoms with Crippen LogP contribution in [-0.2, 0) is 28.5 Å². The van der Waals surface area contributed by atoms with Gasteiger partial charge in [0.2, 0.25) is 0 Å². The molecule has 2 rings (SSSR count). The highest BCUT2D eigenvalue weighted by Gasteiger charge is 2.52. The van der Waals surface area contributed by atoms with Crippen molar-refractivity contribution in [3.63, 3.8) is 0 Å². The molecule has 2 aliphatic rings. The van der Waals surface area contributed by atoms with Crippen molar-refractivity contribution >= 4 is 10.1 Å². The topological polar surface area (TPSA) is 112 Å². The summed E-state index contributed by atoms with van der Waals surface area (Å²) >= 11 is 0. The third-order valence-corrected chi connectivity index (χ3v) is 4.08. The van der Waals surface area contributed by atoms with Crippen LogP contribution in [0.3, 0.4) is 0 Å². The van der Waals surface area contributed by atoms with Crippen molar-refractivity contribution in [1.82, 2.24) is 0 Å². The zero-order chi connectivity index (χ0) is 19.7. The number of ether oxygens (including phenoxy) is 3. The quantitative estimate of drug-likeness (QED) is 0.411. The van der Waals surface area contributed by atoms with Crippen LogP contribution in [0.25, 0.3) is 0 Å². The van der Waals surface area contributed by atoms with Gasteiger partial charge in [0, 0.05) is 13.0 Å². The molecule has 12 heteroatoms. The Balaban J connectivity index is 0.000000550. The SMILES string of the molecule is CC(C)(O)O.CC1(C)OCC(C2OCCC2OS(=O)(=O)C(F)(F)F)O1. The van der Waals surface area contributed by atoms with E-state index in [1.165, 1.54) is 13.8 Å².